The molecule has 0 N–H and O–H groups in total. The van der Waals surface area contributed by atoms with E-state index in [0.717, 1.165) is 29.9 Å². The van der Waals surface area contributed by atoms with Gasteiger partial charge < -0.3 is 14.4 Å². The molecule has 1 aromatic rings. The van der Waals surface area contributed by atoms with Crippen molar-refractivity contribution in [2.75, 3.05) is 33.1 Å². The highest BCUT2D eigenvalue weighted by Crippen LogP contribution is 2.34. The smallest absolute Gasteiger partial charge is 0.226 e. The third-order valence-electron chi connectivity index (χ3n) is 5.66. The van der Waals surface area contributed by atoms with Crippen LogP contribution in [0.15, 0.2) is 18.2 Å². The molecule has 0 spiro atoms. The minimum absolute atomic E-state index is 0.107. The quantitative estimate of drug-likeness (QED) is 0.657. The zero-order valence-electron chi connectivity index (χ0n) is 16.9. The van der Waals surface area contributed by atoms with Crippen molar-refractivity contribution >= 4 is 15.9 Å². The number of hydrogen-bond acceptors (Lipinski definition) is 5. The lowest BCUT2D eigenvalue weighted by Gasteiger charge is -2.34. The average Bonchev–Trinajstić information content (AvgIpc) is 3.56. The predicted octanol–water partition coefficient (Wildman–Crippen LogP) is 2.26. The van der Waals surface area contributed by atoms with E-state index in [1.54, 1.807) is 21.1 Å². The van der Waals surface area contributed by atoms with Gasteiger partial charge in [-0.1, -0.05) is 0 Å². The third kappa shape index (κ3) is 4.60. The molecule has 2 fully saturated rings. The van der Waals surface area contributed by atoms with E-state index < -0.39 is 10.0 Å². The molecule has 28 heavy (non-hydrogen) atoms. The Morgan fingerprint density at radius 1 is 1.14 bits per heavy atom. The summed E-state index contributed by atoms with van der Waals surface area (Å²) in [4.78, 5) is 15.2. The first-order chi connectivity index (χ1) is 13.4. The summed E-state index contributed by atoms with van der Waals surface area (Å²) in [7, 11) is 0.0602. The number of carbonyl (C=O) groups is 1. The molecule has 3 rings (SSSR count). The summed E-state index contributed by atoms with van der Waals surface area (Å²) < 4.78 is 36.4. The fraction of sp³-hybridized carbons (Fsp3) is 0.650. The van der Waals surface area contributed by atoms with Crippen LogP contribution in [0.2, 0.25) is 0 Å². The van der Waals surface area contributed by atoms with Crippen molar-refractivity contribution in [2.24, 2.45) is 5.92 Å². The van der Waals surface area contributed by atoms with E-state index in [1.807, 2.05) is 23.1 Å². The van der Waals surface area contributed by atoms with E-state index in [4.69, 9.17) is 9.47 Å². The second kappa shape index (κ2) is 8.69. The number of hydrogen-bond donors (Lipinski definition) is 0. The highest BCUT2D eigenvalue weighted by Gasteiger charge is 2.38. The van der Waals surface area contributed by atoms with Gasteiger partial charge in [-0.25, -0.2) is 12.7 Å². The van der Waals surface area contributed by atoms with Gasteiger partial charge in [-0.15, -0.1) is 0 Å². The lowest BCUT2D eigenvalue weighted by molar-refractivity contribution is -0.138. The summed E-state index contributed by atoms with van der Waals surface area (Å²) in [5.41, 5.74) is 0.924. The molecule has 1 heterocycles. The maximum atomic E-state index is 13.2. The summed E-state index contributed by atoms with van der Waals surface area (Å²) >= 11 is 0. The van der Waals surface area contributed by atoms with Crippen molar-refractivity contribution in [1.82, 2.24) is 9.21 Å². The van der Waals surface area contributed by atoms with E-state index in [0.29, 0.717) is 32.5 Å². The van der Waals surface area contributed by atoms with Crippen molar-refractivity contribution in [3.8, 4) is 11.5 Å². The van der Waals surface area contributed by atoms with Gasteiger partial charge in [0.2, 0.25) is 15.9 Å². The summed E-state index contributed by atoms with van der Waals surface area (Å²) in [6.07, 6.45) is 3.19. The minimum atomic E-state index is -3.18. The van der Waals surface area contributed by atoms with Crippen LogP contribution in [0.25, 0.3) is 0 Å². The Morgan fingerprint density at radius 2 is 1.82 bits per heavy atom. The van der Waals surface area contributed by atoms with Crippen LogP contribution in [-0.4, -0.2) is 62.6 Å². The molecule has 0 radical (unpaired) electrons. The molecule has 0 atom stereocenters. The summed E-state index contributed by atoms with van der Waals surface area (Å²) in [6.45, 7) is 2.99. The minimum Gasteiger partial charge on any atom is -0.497 e. The number of methoxy groups -OCH3 is 2. The summed E-state index contributed by atoms with van der Waals surface area (Å²) in [5, 5.41) is 0. The standard InChI is InChI=1S/C20H30N2O5S/c1-4-28(24,25)21-11-9-15(10-12-21)20(23)22(17-5-6-17)14-16-13-18(26-2)7-8-19(16)27-3/h7-8,13,15,17H,4-6,9-12,14H2,1-3H3. The van der Waals surface area contributed by atoms with Crippen LogP contribution in [0.3, 0.4) is 0 Å². The maximum absolute atomic E-state index is 13.2. The normalized spacial score (nSPS) is 18.7. The van der Waals surface area contributed by atoms with E-state index in [-0.39, 0.29) is 23.6 Å². The first-order valence-electron chi connectivity index (χ1n) is 9.88. The van der Waals surface area contributed by atoms with Crippen LogP contribution in [0.1, 0.15) is 38.2 Å². The molecule has 1 aliphatic carbocycles. The molecule has 156 valence electrons. The largest absolute Gasteiger partial charge is 0.497 e. The lowest BCUT2D eigenvalue weighted by atomic mass is 9.96. The van der Waals surface area contributed by atoms with Gasteiger partial charge in [-0.3, -0.25) is 4.79 Å². The molecule has 1 aliphatic heterocycles. The Kier molecular flexibility index (Phi) is 6.50. The Labute approximate surface area is 167 Å². The molecule has 1 amide bonds. The monoisotopic (exact) mass is 410 g/mol. The second-order valence-electron chi connectivity index (χ2n) is 7.45. The fourth-order valence-corrected chi connectivity index (χ4v) is 4.89. The van der Waals surface area contributed by atoms with Crippen molar-refractivity contribution in [2.45, 2.75) is 45.2 Å². The number of piperidine rings is 1. The number of ether oxygens (including phenoxy) is 2. The van der Waals surface area contributed by atoms with Gasteiger partial charge in [0.1, 0.15) is 11.5 Å². The molecule has 7 nitrogen and oxygen atoms in total. The van der Waals surface area contributed by atoms with Gasteiger partial charge in [-0.05, 0) is 50.8 Å². The van der Waals surface area contributed by atoms with Crippen LogP contribution >= 0.6 is 0 Å². The second-order valence-corrected chi connectivity index (χ2v) is 9.71. The highest BCUT2D eigenvalue weighted by atomic mass is 32.2. The van der Waals surface area contributed by atoms with Crippen molar-refractivity contribution in [3.63, 3.8) is 0 Å². The van der Waals surface area contributed by atoms with Gasteiger partial charge in [0.15, 0.2) is 0 Å². The number of amides is 1. The first-order valence-corrected chi connectivity index (χ1v) is 11.5. The van der Waals surface area contributed by atoms with Gasteiger partial charge in [-0.2, -0.15) is 0 Å². The van der Waals surface area contributed by atoms with Crippen LogP contribution in [0.4, 0.5) is 0 Å². The van der Waals surface area contributed by atoms with E-state index in [1.165, 1.54) is 4.31 Å². The Balaban J connectivity index is 1.71. The molecular formula is C20H30N2O5S. The van der Waals surface area contributed by atoms with Crippen LogP contribution in [0.5, 0.6) is 11.5 Å². The van der Waals surface area contributed by atoms with Crippen LogP contribution in [-0.2, 0) is 21.4 Å². The molecule has 1 saturated carbocycles. The number of nitrogens with zero attached hydrogens (tertiary/aromatic N) is 2. The predicted molar refractivity (Wildman–Crippen MR) is 107 cm³/mol. The molecular weight excluding hydrogens is 380 g/mol. The van der Waals surface area contributed by atoms with E-state index >= 15 is 0 Å². The average molecular weight is 411 g/mol. The van der Waals surface area contributed by atoms with Gasteiger partial charge in [0.05, 0.1) is 20.0 Å². The zero-order chi connectivity index (χ0) is 20.3. The number of benzene rings is 1. The zero-order valence-corrected chi connectivity index (χ0v) is 17.7. The van der Waals surface area contributed by atoms with Crippen molar-refractivity contribution < 1.29 is 22.7 Å². The molecule has 0 bridgehead atoms. The Bertz CT molecular complexity index is 799. The van der Waals surface area contributed by atoms with Crippen LogP contribution < -0.4 is 9.47 Å². The molecule has 2 aliphatic rings. The van der Waals surface area contributed by atoms with Crippen molar-refractivity contribution in [1.29, 1.82) is 0 Å². The number of rotatable bonds is 8. The topological polar surface area (TPSA) is 76.2 Å². The van der Waals surface area contributed by atoms with E-state index in [2.05, 4.69) is 0 Å². The van der Waals surface area contributed by atoms with Crippen LogP contribution in [0, 0.1) is 5.92 Å². The Morgan fingerprint density at radius 3 is 2.36 bits per heavy atom. The lowest BCUT2D eigenvalue weighted by Crippen LogP contribution is -2.45. The van der Waals surface area contributed by atoms with Gasteiger partial charge in [0.25, 0.3) is 0 Å². The molecule has 0 unspecified atom stereocenters. The Hall–Kier alpha value is -1.80. The molecule has 1 saturated heterocycles. The highest BCUT2D eigenvalue weighted by molar-refractivity contribution is 7.89. The fourth-order valence-electron chi connectivity index (χ4n) is 3.76. The molecule has 8 heteroatoms. The van der Waals surface area contributed by atoms with Crippen molar-refractivity contribution in [3.05, 3.63) is 23.8 Å². The maximum Gasteiger partial charge on any atom is 0.226 e. The third-order valence-corrected chi connectivity index (χ3v) is 7.54. The summed E-state index contributed by atoms with van der Waals surface area (Å²) in [6, 6.07) is 5.88. The van der Waals surface area contributed by atoms with E-state index in [9.17, 15) is 13.2 Å². The molecule has 0 aromatic heterocycles. The van der Waals surface area contributed by atoms with Gasteiger partial charge >= 0.3 is 0 Å². The molecule has 1 aromatic carbocycles. The number of sulfonamides is 1. The number of carbonyl (C=O) groups excluding carboxylic acids is 1. The first kappa shape index (κ1) is 20.9. The SMILES string of the molecule is CCS(=O)(=O)N1CCC(C(=O)N(Cc2cc(OC)ccc2OC)C2CC2)CC1. The van der Waals surface area contributed by atoms with Gasteiger partial charge in [0, 0.05) is 37.2 Å². The summed E-state index contributed by atoms with van der Waals surface area (Å²) in [5.74, 6) is 1.58.